The SMILES string of the molecule is COc1ccccc1NC(=O)[C@H](C)Oc1ccc(C(C)=O)cc1OC. The van der Waals surface area contributed by atoms with Gasteiger partial charge in [0.05, 0.1) is 19.9 Å². The van der Waals surface area contributed by atoms with E-state index >= 15 is 0 Å². The summed E-state index contributed by atoms with van der Waals surface area (Å²) in [7, 11) is 3.01. The van der Waals surface area contributed by atoms with Gasteiger partial charge in [-0.05, 0) is 44.2 Å². The highest BCUT2D eigenvalue weighted by molar-refractivity contribution is 5.96. The lowest BCUT2D eigenvalue weighted by Gasteiger charge is -2.18. The molecule has 0 radical (unpaired) electrons. The molecule has 2 rings (SSSR count). The fraction of sp³-hybridized carbons (Fsp3) is 0.263. The number of amides is 1. The van der Waals surface area contributed by atoms with Gasteiger partial charge in [-0.3, -0.25) is 9.59 Å². The molecule has 132 valence electrons. The van der Waals surface area contributed by atoms with Crippen LogP contribution in [0.4, 0.5) is 5.69 Å². The number of methoxy groups -OCH3 is 2. The molecule has 0 saturated carbocycles. The Balaban J connectivity index is 2.12. The van der Waals surface area contributed by atoms with E-state index in [0.29, 0.717) is 28.5 Å². The number of carbonyl (C=O) groups excluding carboxylic acids is 2. The number of Topliss-reactive ketones (excluding diaryl/α,β-unsaturated/α-hetero) is 1. The summed E-state index contributed by atoms with van der Waals surface area (Å²) >= 11 is 0. The highest BCUT2D eigenvalue weighted by atomic mass is 16.5. The van der Waals surface area contributed by atoms with Gasteiger partial charge in [0.1, 0.15) is 5.75 Å². The lowest BCUT2D eigenvalue weighted by molar-refractivity contribution is -0.122. The van der Waals surface area contributed by atoms with Crippen molar-refractivity contribution >= 4 is 17.4 Å². The highest BCUT2D eigenvalue weighted by Gasteiger charge is 2.19. The summed E-state index contributed by atoms with van der Waals surface area (Å²) in [5.74, 6) is 0.931. The van der Waals surface area contributed by atoms with Crippen molar-refractivity contribution < 1.29 is 23.8 Å². The van der Waals surface area contributed by atoms with Crippen molar-refractivity contribution in [3.63, 3.8) is 0 Å². The van der Waals surface area contributed by atoms with Crippen LogP contribution in [-0.2, 0) is 4.79 Å². The van der Waals surface area contributed by atoms with Crippen LogP contribution in [0.3, 0.4) is 0 Å². The van der Waals surface area contributed by atoms with Crippen molar-refractivity contribution in [1.29, 1.82) is 0 Å². The van der Waals surface area contributed by atoms with Crippen LogP contribution in [0.2, 0.25) is 0 Å². The van der Waals surface area contributed by atoms with Gasteiger partial charge in [0, 0.05) is 5.56 Å². The molecule has 2 aromatic rings. The van der Waals surface area contributed by atoms with E-state index in [1.807, 2.05) is 6.07 Å². The number of rotatable bonds is 7. The minimum absolute atomic E-state index is 0.0770. The summed E-state index contributed by atoms with van der Waals surface area (Å²) in [4.78, 5) is 23.8. The molecule has 0 aromatic heterocycles. The zero-order chi connectivity index (χ0) is 18.4. The number of carbonyl (C=O) groups is 2. The van der Waals surface area contributed by atoms with Gasteiger partial charge < -0.3 is 19.5 Å². The molecule has 6 nitrogen and oxygen atoms in total. The second-order valence-electron chi connectivity index (χ2n) is 5.37. The Morgan fingerprint density at radius 3 is 2.28 bits per heavy atom. The Labute approximate surface area is 146 Å². The first-order chi connectivity index (χ1) is 12.0. The predicted molar refractivity (Wildman–Crippen MR) is 94.7 cm³/mol. The Kier molecular flexibility index (Phi) is 6.00. The molecule has 0 saturated heterocycles. The van der Waals surface area contributed by atoms with Gasteiger partial charge in [0.2, 0.25) is 0 Å². The van der Waals surface area contributed by atoms with E-state index in [1.54, 1.807) is 43.3 Å². The number of ketones is 1. The molecule has 0 aliphatic carbocycles. The number of para-hydroxylation sites is 2. The van der Waals surface area contributed by atoms with Crippen molar-refractivity contribution in [3.8, 4) is 17.2 Å². The lowest BCUT2D eigenvalue weighted by Crippen LogP contribution is -2.30. The number of hydrogen-bond donors (Lipinski definition) is 1. The Morgan fingerprint density at radius 2 is 1.64 bits per heavy atom. The second-order valence-corrected chi connectivity index (χ2v) is 5.37. The molecule has 0 bridgehead atoms. The summed E-state index contributed by atoms with van der Waals surface area (Å²) in [5.41, 5.74) is 1.07. The molecule has 2 aromatic carbocycles. The smallest absolute Gasteiger partial charge is 0.265 e. The zero-order valence-corrected chi connectivity index (χ0v) is 14.7. The molecule has 0 spiro atoms. The van der Waals surface area contributed by atoms with Crippen molar-refractivity contribution in [2.45, 2.75) is 20.0 Å². The van der Waals surface area contributed by atoms with Crippen LogP contribution in [0.15, 0.2) is 42.5 Å². The van der Waals surface area contributed by atoms with Crippen LogP contribution in [-0.4, -0.2) is 32.0 Å². The Bertz CT molecular complexity index is 772. The first-order valence-corrected chi connectivity index (χ1v) is 7.75. The van der Waals surface area contributed by atoms with Crippen molar-refractivity contribution in [1.82, 2.24) is 0 Å². The molecule has 6 heteroatoms. The van der Waals surface area contributed by atoms with Gasteiger partial charge in [-0.2, -0.15) is 0 Å². The van der Waals surface area contributed by atoms with Crippen LogP contribution in [0.5, 0.6) is 17.2 Å². The monoisotopic (exact) mass is 343 g/mol. The van der Waals surface area contributed by atoms with E-state index in [2.05, 4.69) is 5.32 Å². The third-order valence-corrected chi connectivity index (χ3v) is 3.61. The average molecular weight is 343 g/mol. The summed E-state index contributed by atoms with van der Waals surface area (Å²) < 4.78 is 16.1. The molecule has 25 heavy (non-hydrogen) atoms. The van der Waals surface area contributed by atoms with Crippen LogP contribution >= 0.6 is 0 Å². The van der Waals surface area contributed by atoms with Gasteiger partial charge in [-0.1, -0.05) is 12.1 Å². The predicted octanol–water partition coefficient (Wildman–Crippen LogP) is 3.31. The fourth-order valence-electron chi connectivity index (χ4n) is 2.21. The number of ether oxygens (including phenoxy) is 3. The van der Waals surface area contributed by atoms with Crippen molar-refractivity contribution in [2.75, 3.05) is 19.5 Å². The van der Waals surface area contributed by atoms with Crippen LogP contribution in [0.25, 0.3) is 0 Å². The minimum Gasteiger partial charge on any atom is -0.495 e. The molecule has 0 heterocycles. The first-order valence-electron chi connectivity index (χ1n) is 7.75. The number of nitrogens with one attached hydrogen (secondary N) is 1. The molecular weight excluding hydrogens is 322 g/mol. The molecule has 0 aliphatic rings. The molecular formula is C19H21NO5. The Hall–Kier alpha value is -3.02. The standard InChI is InChI=1S/C19H21NO5/c1-12(21)14-9-10-17(18(11-14)24-4)25-13(2)19(22)20-15-7-5-6-8-16(15)23-3/h5-11,13H,1-4H3,(H,20,22)/t13-/m0/s1. The first kappa shape index (κ1) is 18.3. The van der Waals surface area contributed by atoms with Crippen LogP contribution < -0.4 is 19.5 Å². The molecule has 0 fully saturated rings. The molecule has 1 atom stereocenters. The van der Waals surface area contributed by atoms with E-state index < -0.39 is 6.10 Å². The third-order valence-electron chi connectivity index (χ3n) is 3.61. The van der Waals surface area contributed by atoms with Gasteiger partial charge in [-0.25, -0.2) is 0 Å². The number of anilines is 1. The quantitative estimate of drug-likeness (QED) is 0.781. The van der Waals surface area contributed by atoms with Gasteiger partial charge in [0.15, 0.2) is 23.4 Å². The molecule has 1 amide bonds. The normalized spacial score (nSPS) is 11.4. The van der Waals surface area contributed by atoms with E-state index in [9.17, 15) is 9.59 Å². The maximum Gasteiger partial charge on any atom is 0.265 e. The maximum atomic E-state index is 12.4. The fourth-order valence-corrected chi connectivity index (χ4v) is 2.21. The topological polar surface area (TPSA) is 73.9 Å². The second kappa shape index (κ2) is 8.19. The molecule has 0 aliphatic heterocycles. The van der Waals surface area contributed by atoms with E-state index in [1.165, 1.54) is 21.1 Å². The van der Waals surface area contributed by atoms with Crippen LogP contribution in [0, 0.1) is 0 Å². The minimum atomic E-state index is -0.776. The summed E-state index contributed by atoms with van der Waals surface area (Å²) in [6.07, 6.45) is -0.776. The summed E-state index contributed by atoms with van der Waals surface area (Å²) in [6, 6.07) is 11.9. The number of hydrogen-bond acceptors (Lipinski definition) is 5. The zero-order valence-electron chi connectivity index (χ0n) is 14.7. The third kappa shape index (κ3) is 4.50. The molecule has 0 unspecified atom stereocenters. The average Bonchev–Trinajstić information content (AvgIpc) is 2.62. The lowest BCUT2D eigenvalue weighted by atomic mass is 10.1. The van der Waals surface area contributed by atoms with Crippen LogP contribution in [0.1, 0.15) is 24.2 Å². The summed E-state index contributed by atoms with van der Waals surface area (Å²) in [5, 5.41) is 2.76. The van der Waals surface area contributed by atoms with Crippen molar-refractivity contribution in [2.24, 2.45) is 0 Å². The Morgan fingerprint density at radius 1 is 0.960 bits per heavy atom. The van der Waals surface area contributed by atoms with Gasteiger partial charge in [-0.15, -0.1) is 0 Å². The summed E-state index contributed by atoms with van der Waals surface area (Å²) in [6.45, 7) is 3.10. The largest absolute Gasteiger partial charge is 0.495 e. The maximum absolute atomic E-state index is 12.4. The highest BCUT2D eigenvalue weighted by Crippen LogP contribution is 2.29. The van der Waals surface area contributed by atoms with E-state index in [-0.39, 0.29) is 11.7 Å². The van der Waals surface area contributed by atoms with E-state index in [0.717, 1.165) is 0 Å². The molecule has 1 N–H and O–H groups in total. The van der Waals surface area contributed by atoms with Gasteiger partial charge >= 0.3 is 0 Å². The van der Waals surface area contributed by atoms with E-state index in [4.69, 9.17) is 14.2 Å². The van der Waals surface area contributed by atoms with Gasteiger partial charge in [0.25, 0.3) is 5.91 Å². The van der Waals surface area contributed by atoms with Crippen molar-refractivity contribution in [3.05, 3.63) is 48.0 Å². The number of benzene rings is 2.